The third kappa shape index (κ3) is 6.28. The molecule has 2 saturated heterocycles. The lowest BCUT2D eigenvalue weighted by Crippen LogP contribution is -2.57. The number of carbonyl (C=O) groups is 4. The minimum absolute atomic E-state index is 0.0202. The van der Waals surface area contributed by atoms with Gasteiger partial charge in [0.2, 0.25) is 17.7 Å². The average molecular weight is 497 g/mol. The maximum atomic E-state index is 13.3. The van der Waals surface area contributed by atoms with E-state index in [0.29, 0.717) is 25.1 Å². The van der Waals surface area contributed by atoms with E-state index in [1.54, 1.807) is 4.90 Å². The number of likely N-dealkylation sites (tertiary alicyclic amines) is 1. The highest BCUT2D eigenvalue weighted by Gasteiger charge is 2.39. The molecule has 2 aliphatic heterocycles. The Morgan fingerprint density at radius 3 is 2.53 bits per heavy atom. The van der Waals surface area contributed by atoms with Crippen molar-refractivity contribution >= 4 is 23.7 Å². The third-order valence-corrected chi connectivity index (χ3v) is 6.71. The van der Waals surface area contributed by atoms with E-state index >= 15 is 0 Å². The molecule has 0 aliphatic carbocycles. The van der Waals surface area contributed by atoms with Gasteiger partial charge in [0.15, 0.2) is 0 Å². The fourth-order valence-electron chi connectivity index (χ4n) is 4.81. The van der Waals surface area contributed by atoms with E-state index in [1.165, 1.54) is 12.5 Å². The van der Waals surface area contributed by atoms with Crippen LogP contribution in [0.5, 0.6) is 0 Å². The molecule has 2 aromatic rings. The smallest absolute Gasteiger partial charge is 0.326 e. The Kier molecular flexibility index (Phi) is 8.32. The zero-order valence-electron chi connectivity index (χ0n) is 20.0. The zero-order valence-corrected chi connectivity index (χ0v) is 20.0. The fourth-order valence-corrected chi connectivity index (χ4v) is 4.81. The quantitative estimate of drug-likeness (QED) is 0.310. The van der Waals surface area contributed by atoms with Crippen molar-refractivity contribution in [1.29, 1.82) is 0 Å². The van der Waals surface area contributed by atoms with E-state index < -0.39 is 35.9 Å². The molecule has 192 valence electrons. The molecule has 3 amide bonds. The molecule has 0 bridgehead atoms. The summed E-state index contributed by atoms with van der Waals surface area (Å²) < 4.78 is 0. The summed E-state index contributed by atoms with van der Waals surface area (Å²) in [6.07, 6.45) is 6.02. The van der Waals surface area contributed by atoms with Gasteiger partial charge in [0.1, 0.15) is 18.1 Å². The van der Waals surface area contributed by atoms with Crippen LogP contribution < -0.4 is 16.0 Å². The zero-order chi connectivity index (χ0) is 25.5. The maximum Gasteiger partial charge on any atom is 0.326 e. The first-order valence-electron chi connectivity index (χ1n) is 12.3. The number of amides is 3. The lowest BCUT2D eigenvalue weighted by Gasteiger charge is -2.28. The van der Waals surface area contributed by atoms with E-state index in [0.717, 1.165) is 24.9 Å². The van der Waals surface area contributed by atoms with E-state index in [9.17, 15) is 24.3 Å². The van der Waals surface area contributed by atoms with Crippen LogP contribution in [0.1, 0.15) is 36.9 Å². The summed E-state index contributed by atoms with van der Waals surface area (Å²) in [5.41, 5.74) is 1.37. The van der Waals surface area contributed by atoms with Gasteiger partial charge in [-0.3, -0.25) is 14.4 Å². The van der Waals surface area contributed by atoms with Crippen LogP contribution in [-0.4, -0.2) is 80.9 Å². The van der Waals surface area contributed by atoms with E-state index in [1.807, 2.05) is 30.3 Å². The van der Waals surface area contributed by atoms with Crippen molar-refractivity contribution < 1.29 is 24.3 Å². The molecule has 1 aromatic heterocycles. The van der Waals surface area contributed by atoms with E-state index in [4.69, 9.17) is 0 Å². The van der Waals surface area contributed by atoms with Gasteiger partial charge < -0.3 is 30.9 Å². The first kappa shape index (κ1) is 25.4. The molecule has 4 rings (SSSR count). The van der Waals surface area contributed by atoms with Gasteiger partial charge in [-0.1, -0.05) is 30.3 Å². The van der Waals surface area contributed by atoms with Gasteiger partial charge in [-0.25, -0.2) is 9.78 Å². The number of hydrogen-bond donors (Lipinski definition) is 5. The number of rotatable bonds is 10. The van der Waals surface area contributed by atoms with Gasteiger partial charge in [-0.2, -0.15) is 0 Å². The molecule has 36 heavy (non-hydrogen) atoms. The van der Waals surface area contributed by atoms with Crippen LogP contribution in [0.15, 0.2) is 42.9 Å². The predicted molar refractivity (Wildman–Crippen MR) is 130 cm³/mol. The number of carboxylic acid groups (broad SMARTS) is 1. The number of benzene rings is 1. The van der Waals surface area contributed by atoms with E-state index in [2.05, 4.69) is 25.9 Å². The molecule has 4 atom stereocenters. The Hall–Kier alpha value is -3.73. The normalized spacial score (nSPS) is 21.1. The molecule has 0 saturated carbocycles. The fraction of sp³-hybridized carbons (Fsp3) is 0.480. The number of aromatic nitrogens is 2. The number of H-pyrrole nitrogens is 1. The van der Waals surface area contributed by atoms with Gasteiger partial charge in [0, 0.05) is 31.3 Å². The second kappa shape index (κ2) is 11.8. The second-order valence-electron chi connectivity index (χ2n) is 9.27. The Balaban J connectivity index is 1.47. The first-order chi connectivity index (χ1) is 17.4. The van der Waals surface area contributed by atoms with Crippen LogP contribution in [0.4, 0.5) is 0 Å². The SMILES string of the molecule is O=C(O)C(Cc1cnc[nH]1)NC(=O)C(Cc1ccccc1)NC(=O)C1CCCN1C(=O)C1CCCN1. The molecular weight excluding hydrogens is 464 g/mol. The number of aliphatic carboxylic acids is 1. The Bertz CT molecular complexity index is 1050. The monoisotopic (exact) mass is 496 g/mol. The summed E-state index contributed by atoms with van der Waals surface area (Å²) >= 11 is 0. The largest absolute Gasteiger partial charge is 0.480 e. The summed E-state index contributed by atoms with van der Waals surface area (Å²) in [4.78, 5) is 59.7. The Morgan fingerprint density at radius 1 is 1.06 bits per heavy atom. The molecule has 11 nitrogen and oxygen atoms in total. The van der Waals surface area contributed by atoms with Crippen molar-refractivity contribution in [2.75, 3.05) is 13.1 Å². The minimum atomic E-state index is -1.20. The number of aromatic amines is 1. The summed E-state index contributed by atoms with van der Waals surface area (Å²) in [7, 11) is 0. The molecule has 0 radical (unpaired) electrons. The van der Waals surface area contributed by atoms with E-state index in [-0.39, 0.29) is 24.8 Å². The number of imidazole rings is 1. The number of carbonyl (C=O) groups excluding carboxylic acids is 3. The van der Waals surface area contributed by atoms with Crippen LogP contribution in [-0.2, 0) is 32.0 Å². The van der Waals surface area contributed by atoms with Crippen molar-refractivity contribution in [2.24, 2.45) is 0 Å². The van der Waals surface area contributed by atoms with Crippen molar-refractivity contribution in [3.8, 4) is 0 Å². The van der Waals surface area contributed by atoms with Crippen LogP contribution in [0.3, 0.4) is 0 Å². The molecule has 5 N–H and O–H groups in total. The minimum Gasteiger partial charge on any atom is -0.480 e. The second-order valence-corrected chi connectivity index (χ2v) is 9.27. The lowest BCUT2D eigenvalue weighted by atomic mass is 10.0. The highest BCUT2D eigenvalue weighted by molar-refractivity contribution is 5.94. The van der Waals surface area contributed by atoms with Crippen LogP contribution in [0.25, 0.3) is 0 Å². The van der Waals surface area contributed by atoms with Crippen LogP contribution >= 0.6 is 0 Å². The number of nitrogens with one attached hydrogen (secondary N) is 4. The molecule has 2 aliphatic rings. The average Bonchev–Trinajstić information content (AvgIpc) is 3.66. The van der Waals surface area contributed by atoms with Gasteiger partial charge in [-0.15, -0.1) is 0 Å². The van der Waals surface area contributed by atoms with Crippen molar-refractivity contribution in [1.82, 2.24) is 30.8 Å². The molecule has 1 aromatic carbocycles. The molecule has 2 fully saturated rings. The lowest BCUT2D eigenvalue weighted by molar-refractivity contribution is -0.143. The topological polar surface area (TPSA) is 157 Å². The standard InChI is InChI=1S/C25H32N6O5/c32-22(30-20(25(35)36)13-17-14-26-15-28-17)19(12-16-6-2-1-3-7-16)29-23(33)21-9-5-11-31(21)24(34)18-8-4-10-27-18/h1-3,6-7,14-15,18-21,27H,4-5,8-13H2,(H,26,28)(H,29,33)(H,30,32)(H,35,36). The maximum absolute atomic E-state index is 13.3. The Labute approximate surface area is 209 Å². The summed E-state index contributed by atoms with van der Waals surface area (Å²) in [6.45, 7) is 1.28. The molecule has 3 heterocycles. The predicted octanol–water partition coefficient (Wildman–Crippen LogP) is -0.00790. The molecule has 4 unspecified atom stereocenters. The van der Waals surface area contributed by atoms with Gasteiger partial charge in [0.25, 0.3) is 0 Å². The Morgan fingerprint density at radius 2 is 1.86 bits per heavy atom. The first-order valence-corrected chi connectivity index (χ1v) is 12.3. The number of carboxylic acids is 1. The number of hydrogen-bond acceptors (Lipinski definition) is 6. The van der Waals surface area contributed by atoms with Crippen LogP contribution in [0.2, 0.25) is 0 Å². The van der Waals surface area contributed by atoms with Gasteiger partial charge in [-0.05, 0) is 37.8 Å². The summed E-state index contributed by atoms with van der Waals surface area (Å²) in [6, 6.07) is 6.03. The highest BCUT2D eigenvalue weighted by Crippen LogP contribution is 2.21. The molecule has 0 spiro atoms. The van der Waals surface area contributed by atoms with Crippen molar-refractivity contribution in [3.05, 3.63) is 54.1 Å². The van der Waals surface area contributed by atoms with Crippen molar-refractivity contribution in [3.63, 3.8) is 0 Å². The van der Waals surface area contributed by atoms with Crippen molar-refractivity contribution in [2.45, 2.75) is 62.7 Å². The number of nitrogens with zero attached hydrogens (tertiary/aromatic N) is 2. The highest BCUT2D eigenvalue weighted by atomic mass is 16.4. The molecular formula is C25H32N6O5. The van der Waals surface area contributed by atoms with Gasteiger partial charge >= 0.3 is 5.97 Å². The summed E-state index contributed by atoms with van der Waals surface area (Å²) in [5.74, 6) is -2.29. The van der Waals surface area contributed by atoms with Gasteiger partial charge in [0.05, 0.1) is 12.4 Å². The summed E-state index contributed by atoms with van der Waals surface area (Å²) in [5, 5.41) is 18.2. The van der Waals surface area contributed by atoms with Crippen LogP contribution in [0, 0.1) is 0 Å². The molecule has 11 heteroatoms. The third-order valence-electron chi connectivity index (χ3n) is 6.71.